The van der Waals surface area contributed by atoms with E-state index in [0.29, 0.717) is 6.42 Å². The number of carbonyl (C=O) groups is 1. The first-order valence-electron chi connectivity index (χ1n) is 14.7. The maximum atomic E-state index is 12.3. The van der Waals surface area contributed by atoms with Gasteiger partial charge < -0.3 is 20.6 Å². The number of aliphatic hydroxyl groups is 3. The summed E-state index contributed by atoms with van der Waals surface area (Å²) in [6, 6.07) is -0.795. The van der Waals surface area contributed by atoms with Gasteiger partial charge in [-0.2, -0.15) is 0 Å². The second kappa shape index (κ2) is 25.9. The van der Waals surface area contributed by atoms with Gasteiger partial charge in [0.25, 0.3) is 0 Å². The van der Waals surface area contributed by atoms with Gasteiger partial charge in [0, 0.05) is 0 Å². The van der Waals surface area contributed by atoms with Crippen molar-refractivity contribution in [1.29, 1.82) is 0 Å². The van der Waals surface area contributed by atoms with Crippen LogP contribution >= 0.6 is 0 Å². The van der Waals surface area contributed by atoms with Crippen molar-refractivity contribution in [1.82, 2.24) is 5.32 Å². The van der Waals surface area contributed by atoms with E-state index < -0.39 is 24.2 Å². The minimum atomic E-state index is -1.10. The predicted molar refractivity (Wildman–Crippen MR) is 148 cm³/mol. The fourth-order valence-electron chi connectivity index (χ4n) is 4.12. The van der Waals surface area contributed by atoms with E-state index in [1.165, 1.54) is 70.6 Å². The van der Waals surface area contributed by atoms with Crippen LogP contribution in [0.5, 0.6) is 0 Å². The average Bonchev–Trinajstić information content (AvgIpc) is 2.86. The van der Waals surface area contributed by atoms with E-state index in [4.69, 9.17) is 0 Å². The van der Waals surface area contributed by atoms with Crippen molar-refractivity contribution in [2.75, 3.05) is 6.61 Å². The molecular formula is C30H57NO4. The molecule has 3 unspecified atom stereocenters. The highest BCUT2D eigenvalue weighted by Gasteiger charge is 2.22. The normalized spacial score (nSPS) is 14.5. The van der Waals surface area contributed by atoms with E-state index >= 15 is 0 Å². The zero-order chi connectivity index (χ0) is 26.0. The summed E-state index contributed by atoms with van der Waals surface area (Å²) in [5, 5.41) is 32.6. The van der Waals surface area contributed by atoms with Crippen LogP contribution in [-0.2, 0) is 4.79 Å². The minimum absolute atomic E-state index is 0.367. The highest BCUT2D eigenvalue weighted by atomic mass is 16.3. The van der Waals surface area contributed by atoms with Crippen molar-refractivity contribution in [2.24, 2.45) is 0 Å². The summed E-state index contributed by atoms with van der Waals surface area (Å²) in [5.74, 6) is -0.519. The molecule has 1 amide bonds. The van der Waals surface area contributed by atoms with Crippen LogP contribution in [0.3, 0.4) is 0 Å². The van der Waals surface area contributed by atoms with Crippen LogP contribution in [-0.4, -0.2) is 46.1 Å². The van der Waals surface area contributed by atoms with Gasteiger partial charge in [0.05, 0.1) is 18.8 Å². The molecule has 3 atom stereocenters. The average molecular weight is 496 g/mol. The summed E-state index contributed by atoms with van der Waals surface area (Å²) in [7, 11) is 0. The first kappa shape index (κ1) is 33.8. The Labute approximate surface area is 216 Å². The summed E-state index contributed by atoms with van der Waals surface area (Å²) in [6.45, 7) is 4.08. The monoisotopic (exact) mass is 495 g/mol. The standard InChI is InChI=1S/C30H57NO4/c1-3-5-7-9-11-13-15-17-19-21-23-25-29(34)30(35)31-27(26-32)28(33)24-22-20-18-16-14-12-10-8-6-4-2/h11,13,22,24,27-29,32-34H,3-10,12,14-21,23,25-26H2,1-2H3,(H,31,35)/b13-11-,24-22+. The lowest BCUT2D eigenvalue weighted by molar-refractivity contribution is -0.131. The highest BCUT2D eigenvalue weighted by Crippen LogP contribution is 2.11. The molecule has 0 aromatic rings. The summed E-state index contributed by atoms with van der Waals surface area (Å²) in [4.78, 5) is 12.3. The number of aliphatic hydroxyl groups excluding tert-OH is 3. The lowest BCUT2D eigenvalue weighted by atomic mass is 10.1. The first-order chi connectivity index (χ1) is 17.1. The summed E-state index contributed by atoms with van der Waals surface area (Å²) in [5.41, 5.74) is 0. The number of allylic oxidation sites excluding steroid dienone is 3. The molecule has 0 fully saturated rings. The van der Waals surface area contributed by atoms with Crippen molar-refractivity contribution in [2.45, 2.75) is 154 Å². The van der Waals surface area contributed by atoms with Crippen LogP contribution in [0, 0.1) is 0 Å². The van der Waals surface area contributed by atoms with Crippen LogP contribution in [0.1, 0.15) is 136 Å². The Balaban J connectivity index is 3.89. The fraction of sp³-hybridized carbons (Fsp3) is 0.833. The largest absolute Gasteiger partial charge is 0.394 e. The molecule has 0 aliphatic rings. The van der Waals surface area contributed by atoms with Gasteiger partial charge in [-0.05, 0) is 44.9 Å². The van der Waals surface area contributed by atoms with Crippen LogP contribution in [0.15, 0.2) is 24.3 Å². The summed E-state index contributed by atoms with van der Waals surface area (Å²) in [6.07, 6.45) is 27.5. The third kappa shape index (κ3) is 21.8. The molecule has 5 nitrogen and oxygen atoms in total. The number of hydrogen-bond donors (Lipinski definition) is 4. The van der Waals surface area contributed by atoms with Gasteiger partial charge in [-0.1, -0.05) is 115 Å². The maximum Gasteiger partial charge on any atom is 0.249 e. The van der Waals surface area contributed by atoms with Gasteiger partial charge in [0.15, 0.2) is 0 Å². The van der Waals surface area contributed by atoms with E-state index in [1.807, 2.05) is 6.08 Å². The number of rotatable bonds is 25. The van der Waals surface area contributed by atoms with Gasteiger partial charge in [0.2, 0.25) is 5.91 Å². The molecule has 4 N–H and O–H groups in total. The molecule has 0 heterocycles. The molecule has 0 aromatic heterocycles. The molecule has 0 spiro atoms. The van der Waals surface area contributed by atoms with Crippen molar-refractivity contribution in [3.63, 3.8) is 0 Å². The Morgan fingerprint density at radius 3 is 1.71 bits per heavy atom. The van der Waals surface area contributed by atoms with E-state index in [-0.39, 0.29) is 6.61 Å². The van der Waals surface area contributed by atoms with Crippen LogP contribution in [0.25, 0.3) is 0 Å². The van der Waals surface area contributed by atoms with Gasteiger partial charge >= 0.3 is 0 Å². The molecule has 0 aliphatic heterocycles. The van der Waals surface area contributed by atoms with Crippen LogP contribution in [0.4, 0.5) is 0 Å². The molecule has 5 heteroatoms. The van der Waals surface area contributed by atoms with Crippen LogP contribution < -0.4 is 5.32 Å². The zero-order valence-corrected chi connectivity index (χ0v) is 22.9. The number of unbranched alkanes of at least 4 members (excludes halogenated alkanes) is 15. The quantitative estimate of drug-likeness (QED) is 0.0833. The smallest absolute Gasteiger partial charge is 0.249 e. The molecule has 0 saturated heterocycles. The molecule has 35 heavy (non-hydrogen) atoms. The highest BCUT2D eigenvalue weighted by molar-refractivity contribution is 5.80. The number of nitrogens with one attached hydrogen (secondary N) is 1. The summed E-state index contributed by atoms with van der Waals surface area (Å²) < 4.78 is 0. The van der Waals surface area contributed by atoms with Gasteiger partial charge in [0.1, 0.15) is 6.10 Å². The van der Waals surface area contributed by atoms with E-state index in [2.05, 4.69) is 31.3 Å². The van der Waals surface area contributed by atoms with Gasteiger partial charge in [-0.25, -0.2) is 0 Å². The lowest BCUT2D eigenvalue weighted by Crippen LogP contribution is -2.48. The Bertz CT molecular complexity index is 520. The molecule has 0 bridgehead atoms. The summed E-state index contributed by atoms with van der Waals surface area (Å²) >= 11 is 0. The number of carbonyl (C=O) groups excluding carboxylic acids is 1. The second-order valence-electron chi connectivity index (χ2n) is 9.95. The van der Waals surface area contributed by atoms with E-state index in [1.54, 1.807) is 6.08 Å². The molecular weight excluding hydrogens is 438 g/mol. The molecule has 0 aromatic carbocycles. The van der Waals surface area contributed by atoms with E-state index in [9.17, 15) is 20.1 Å². The lowest BCUT2D eigenvalue weighted by Gasteiger charge is -2.21. The zero-order valence-electron chi connectivity index (χ0n) is 22.9. The third-order valence-electron chi connectivity index (χ3n) is 6.54. The van der Waals surface area contributed by atoms with Gasteiger partial charge in [-0.15, -0.1) is 0 Å². The Hall–Kier alpha value is -1.17. The molecule has 0 rings (SSSR count). The molecule has 206 valence electrons. The van der Waals surface area contributed by atoms with Crippen molar-refractivity contribution in [3.05, 3.63) is 24.3 Å². The Kier molecular flexibility index (Phi) is 25.0. The van der Waals surface area contributed by atoms with Crippen molar-refractivity contribution in [3.8, 4) is 0 Å². The molecule has 0 aliphatic carbocycles. The topological polar surface area (TPSA) is 89.8 Å². The molecule has 0 radical (unpaired) electrons. The maximum absolute atomic E-state index is 12.3. The van der Waals surface area contributed by atoms with Crippen molar-refractivity contribution < 1.29 is 20.1 Å². The Morgan fingerprint density at radius 1 is 0.686 bits per heavy atom. The van der Waals surface area contributed by atoms with Crippen LogP contribution in [0.2, 0.25) is 0 Å². The predicted octanol–water partition coefficient (Wildman–Crippen LogP) is 6.75. The minimum Gasteiger partial charge on any atom is -0.394 e. The Morgan fingerprint density at radius 2 is 1.14 bits per heavy atom. The third-order valence-corrected chi connectivity index (χ3v) is 6.54. The first-order valence-corrected chi connectivity index (χ1v) is 14.7. The number of hydrogen-bond acceptors (Lipinski definition) is 4. The van der Waals surface area contributed by atoms with E-state index in [0.717, 1.165) is 44.9 Å². The fourth-order valence-corrected chi connectivity index (χ4v) is 4.12. The van der Waals surface area contributed by atoms with Crippen molar-refractivity contribution >= 4 is 5.91 Å². The SMILES string of the molecule is CCCCC/C=C\CCCCCCC(O)C(=O)NC(CO)C(O)/C=C/CCCCCCCCCC. The molecule has 0 saturated carbocycles. The van der Waals surface area contributed by atoms with Gasteiger partial charge in [-0.3, -0.25) is 4.79 Å². The number of amides is 1. The second-order valence-corrected chi connectivity index (χ2v) is 9.95.